The predicted octanol–water partition coefficient (Wildman–Crippen LogP) is 1.86. The second-order valence-electron chi connectivity index (χ2n) is 3.70. The first-order valence-electron chi connectivity index (χ1n) is 5.10. The van der Waals surface area contributed by atoms with E-state index in [2.05, 4.69) is 17.9 Å². The third-order valence-electron chi connectivity index (χ3n) is 2.36. The van der Waals surface area contributed by atoms with Crippen LogP contribution >= 0.6 is 12.6 Å². The van der Waals surface area contributed by atoms with Gasteiger partial charge in [0.25, 0.3) is 0 Å². The standard InChI is InChI=1S/C12H17NO2S/c1-8-4-10(6-13-11(14)7-16)5-9(2)12(8)15-3/h4-5,16H,6-7H2,1-3H3,(H,13,14). The number of benzene rings is 1. The highest BCUT2D eigenvalue weighted by molar-refractivity contribution is 7.81. The average molecular weight is 239 g/mol. The molecule has 1 aromatic carbocycles. The van der Waals surface area contributed by atoms with Crippen LogP contribution in [-0.4, -0.2) is 18.8 Å². The number of hydrogen-bond acceptors (Lipinski definition) is 3. The Hall–Kier alpha value is -1.16. The highest BCUT2D eigenvalue weighted by Crippen LogP contribution is 2.24. The maximum absolute atomic E-state index is 11.1. The normalized spacial score (nSPS) is 10.0. The van der Waals surface area contributed by atoms with Crippen molar-refractivity contribution in [2.24, 2.45) is 0 Å². The number of nitrogens with one attached hydrogen (secondary N) is 1. The number of aryl methyl sites for hydroxylation is 2. The fraction of sp³-hybridized carbons (Fsp3) is 0.417. The van der Waals surface area contributed by atoms with Gasteiger partial charge in [0.2, 0.25) is 5.91 Å². The first kappa shape index (κ1) is 12.9. The number of thiol groups is 1. The van der Waals surface area contributed by atoms with Gasteiger partial charge in [-0.05, 0) is 30.5 Å². The fourth-order valence-electron chi connectivity index (χ4n) is 1.72. The number of methoxy groups -OCH3 is 1. The van der Waals surface area contributed by atoms with Gasteiger partial charge in [0.1, 0.15) is 5.75 Å². The van der Waals surface area contributed by atoms with E-state index in [-0.39, 0.29) is 11.7 Å². The first-order valence-corrected chi connectivity index (χ1v) is 5.73. The summed E-state index contributed by atoms with van der Waals surface area (Å²) in [4.78, 5) is 11.1. The molecule has 0 aliphatic heterocycles. The van der Waals surface area contributed by atoms with E-state index in [1.165, 1.54) is 0 Å². The molecule has 1 aromatic rings. The highest BCUT2D eigenvalue weighted by atomic mass is 32.1. The van der Waals surface area contributed by atoms with Crippen molar-refractivity contribution in [1.29, 1.82) is 0 Å². The monoisotopic (exact) mass is 239 g/mol. The molecule has 16 heavy (non-hydrogen) atoms. The summed E-state index contributed by atoms with van der Waals surface area (Å²) >= 11 is 3.90. The summed E-state index contributed by atoms with van der Waals surface area (Å²) in [5, 5.41) is 2.78. The number of ether oxygens (including phenoxy) is 1. The molecule has 0 bridgehead atoms. The summed E-state index contributed by atoms with van der Waals surface area (Å²) < 4.78 is 5.28. The topological polar surface area (TPSA) is 38.3 Å². The molecule has 0 atom stereocenters. The number of hydrogen-bond donors (Lipinski definition) is 2. The van der Waals surface area contributed by atoms with Gasteiger partial charge >= 0.3 is 0 Å². The van der Waals surface area contributed by atoms with E-state index in [0.29, 0.717) is 6.54 Å². The van der Waals surface area contributed by atoms with Gasteiger partial charge in [-0.1, -0.05) is 12.1 Å². The second kappa shape index (κ2) is 5.80. The van der Waals surface area contributed by atoms with Crippen LogP contribution in [0, 0.1) is 13.8 Å². The van der Waals surface area contributed by atoms with E-state index >= 15 is 0 Å². The Balaban J connectivity index is 2.79. The molecular formula is C12H17NO2S. The third kappa shape index (κ3) is 3.17. The second-order valence-corrected chi connectivity index (χ2v) is 4.01. The van der Waals surface area contributed by atoms with Crippen molar-refractivity contribution < 1.29 is 9.53 Å². The van der Waals surface area contributed by atoms with Crippen molar-refractivity contribution in [3.63, 3.8) is 0 Å². The fourth-order valence-corrected chi connectivity index (χ4v) is 1.83. The smallest absolute Gasteiger partial charge is 0.229 e. The molecule has 0 radical (unpaired) electrons. The summed E-state index contributed by atoms with van der Waals surface area (Å²) in [6.07, 6.45) is 0. The summed E-state index contributed by atoms with van der Waals surface area (Å²) in [6, 6.07) is 4.04. The zero-order valence-corrected chi connectivity index (χ0v) is 10.7. The van der Waals surface area contributed by atoms with Crippen molar-refractivity contribution in [2.45, 2.75) is 20.4 Å². The molecule has 0 fully saturated rings. The predicted molar refractivity (Wildman–Crippen MR) is 68.2 cm³/mol. The van der Waals surface area contributed by atoms with Crippen LogP contribution < -0.4 is 10.1 Å². The minimum atomic E-state index is -0.0607. The zero-order valence-electron chi connectivity index (χ0n) is 9.83. The summed E-state index contributed by atoms with van der Waals surface area (Å²) in [7, 11) is 1.66. The van der Waals surface area contributed by atoms with E-state index in [1.54, 1.807) is 7.11 Å². The number of carbonyl (C=O) groups is 1. The van der Waals surface area contributed by atoms with Gasteiger partial charge in [0, 0.05) is 6.54 Å². The molecule has 88 valence electrons. The molecule has 0 aromatic heterocycles. The molecule has 0 saturated carbocycles. The van der Waals surface area contributed by atoms with E-state index in [0.717, 1.165) is 22.4 Å². The third-order valence-corrected chi connectivity index (χ3v) is 2.64. The molecule has 0 aliphatic carbocycles. The van der Waals surface area contributed by atoms with Crippen LogP contribution in [-0.2, 0) is 11.3 Å². The molecule has 0 unspecified atom stereocenters. The molecule has 1 N–H and O–H groups in total. The molecule has 4 heteroatoms. The van der Waals surface area contributed by atoms with Gasteiger partial charge in [-0.15, -0.1) is 0 Å². The van der Waals surface area contributed by atoms with Crippen LogP contribution in [0.1, 0.15) is 16.7 Å². The lowest BCUT2D eigenvalue weighted by Gasteiger charge is -2.11. The van der Waals surface area contributed by atoms with Crippen molar-refractivity contribution >= 4 is 18.5 Å². The van der Waals surface area contributed by atoms with E-state index < -0.39 is 0 Å². The van der Waals surface area contributed by atoms with Crippen molar-refractivity contribution in [2.75, 3.05) is 12.9 Å². The first-order chi connectivity index (χ1) is 7.58. The molecule has 0 aliphatic rings. The van der Waals surface area contributed by atoms with Crippen LogP contribution in [0.2, 0.25) is 0 Å². The summed E-state index contributed by atoms with van der Waals surface area (Å²) in [5.41, 5.74) is 3.24. The van der Waals surface area contributed by atoms with Crippen molar-refractivity contribution in [3.8, 4) is 5.75 Å². The molecule has 0 spiro atoms. The van der Waals surface area contributed by atoms with Gasteiger partial charge in [0.05, 0.1) is 12.9 Å². The molecule has 0 saturated heterocycles. The number of carbonyl (C=O) groups excluding carboxylic acids is 1. The number of rotatable bonds is 4. The lowest BCUT2D eigenvalue weighted by Crippen LogP contribution is -2.23. The Labute approximate surface area is 102 Å². The van der Waals surface area contributed by atoms with E-state index in [9.17, 15) is 4.79 Å². The van der Waals surface area contributed by atoms with Gasteiger partial charge in [0.15, 0.2) is 0 Å². The zero-order chi connectivity index (χ0) is 12.1. The Bertz CT molecular complexity index is 368. The molecule has 1 rings (SSSR count). The minimum Gasteiger partial charge on any atom is -0.496 e. The molecule has 0 heterocycles. The Morgan fingerprint density at radius 2 is 1.94 bits per heavy atom. The van der Waals surface area contributed by atoms with Crippen molar-refractivity contribution in [3.05, 3.63) is 28.8 Å². The highest BCUT2D eigenvalue weighted by Gasteiger charge is 2.05. The maximum atomic E-state index is 11.1. The summed E-state index contributed by atoms with van der Waals surface area (Å²) in [6.45, 7) is 4.52. The van der Waals surface area contributed by atoms with Gasteiger partial charge < -0.3 is 10.1 Å². The minimum absolute atomic E-state index is 0.0607. The average Bonchev–Trinajstić information content (AvgIpc) is 2.25. The Kier molecular flexibility index (Phi) is 4.68. The Morgan fingerprint density at radius 3 is 2.38 bits per heavy atom. The number of amides is 1. The van der Waals surface area contributed by atoms with E-state index in [4.69, 9.17) is 4.74 Å². The maximum Gasteiger partial charge on any atom is 0.229 e. The van der Waals surface area contributed by atoms with Gasteiger partial charge in [-0.3, -0.25) is 4.79 Å². The van der Waals surface area contributed by atoms with Gasteiger partial charge in [-0.2, -0.15) is 12.6 Å². The SMILES string of the molecule is COc1c(C)cc(CNC(=O)CS)cc1C. The van der Waals surface area contributed by atoms with Gasteiger partial charge in [-0.25, -0.2) is 0 Å². The van der Waals surface area contributed by atoms with Crippen LogP contribution in [0.4, 0.5) is 0 Å². The quantitative estimate of drug-likeness (QED) is 0.787. The molecule has 3 nitrogen and oxygen atoms in total. The van der Waals surface area contributed by atoms with Crippen LogP contribution in [0.3, 0.4) is 0 Å². The van der Waals surface area contributed by atoms with Crippen LogP contribution in [0.15, 0.2) is 12.1 Å². The van der Waals surface area contributed by atoms with Crippen LogP contribution in [0.5, 0.6) is 5.75 Å². The lowest BCUT2D eigenvalue weighted by atomic mass is 10.1. The summed E-state index contributed by atoms with van der Waals surface area (Å²) in [5.74, 6) is 1.06. The Morgan fingerprint density at radius 1 is 1.38 bits per heavy atom. The largest absolute Gasteiger partial charge is 0.496 e. The van der Waals surface area contributed by atoms with Crippen molar-refractivity contribution in [1.82, 2.24) is 5.32 Å². The molecular weight excluding hydrogens is 222 g/mol. The lowest BCUT2D eigenvalue weighted by molar-refractivity contribution is -0.118. The molecule has 1 amide bonds. The van der Waals surface area contributed by atoms with Crippen LogP contribution in [0.25, 0.3) is 0 Å². The van der Waals surface area contributed by atoms with E-state index in [1.807, 2.05) is 26.0 Å².